The predicted molar refractivity (Wildman–Crippen MR) is 82.8 cm³/mol. The summed E-state index contributed by atoms with van der Waals surface area (Å²) in [5.41, 5.74) is 7.71. The molecule has 1 aliphatic rings. The van der Waals surface area contributed by atoms with Crippen LogP contribution < -0.4 is 5.32 Å². The Morgan fingerprint density at radius 1 is 1.48 bits per heavy atom. The third-order valence-electron chi connectivity index (χ3n) is 4.60. The van der Waals surface area contributed by atoms with Gasteiger partial charge in [0, 0.05) is 11.5 Å². The van der Waals surface area contributed by atoms with Crippen molar-refractivity contribution >= 4 is 5.97 Å². The third kappa shape index (κ3) is 5.21. The fourth-order valence-electron chi connectivity index (χ4n) is 3.20. The van der Waals surface area contributed by atoms with Crippen molar-refractivity contribution in [2.45, 2.75) is 57.9 Å². The number of esters is 1. The molecule has 21 heavy (non-hydrogen) atoms. The van der Waals surface area contributed by atoms with Gasteiger partial charge in [0.1, 0.15) is 5.54 Å². The van der Waals surface area contributed by atoms with Gasteiger partial charge in [-0.15, -0.1) is 0 Å². The van der Waals surface area contributed by atoms with Crippen molar-refractivity contribution in [3.05, 3.63) is 10.4 Å². The van der Waals surface area contributed by atoms with E-state index in [1.807, 2.05) is 0 Å². The van der Waals surface area contributed by atoms with Crippen molar-refractivity contribution in [3.63, 3.8) is 0 Å². The number of azide groups is 1. The van der Waals surface area contributed by atoms with Crippen LogP contribution in [0.5, 0.6) is 0 Å². The maximum atomic E-state index is 12.3. The second-order valence-corrected chi connectivity index (χ2v) is 6.24. The van der Waals surface area contributed by atoms with Gasteiger partial charge in [0.25, 0.3) is 0 Å². The quantitative estimate of drug-likeness (QED) is 0.195. The number of hydrogen-bond acceptors (Lipinski definition) is 4. The molecule has 1 aliphatic carbocycles. The zero-order chi connectivity index (χ0) is 15.7. The topological polar surface area (TPSA) is 87.1 Å². The molecule has 0 aliphatic heterocycles. The molecule has 6 nitrogen and oxygen atoms in total. The molecule has 1 fully saturated rings. The van der Waals surface area contributed by atoms with Crippen molar-refractivity contribution in [1.82, 2.24) is 5.32 Å². The van der Waals surface area contributed by atoms with E-state index in [0.717, 1.165) is 32.1 Å². The van der Waals surface area contributed by atoms with E-state index in [1.165, 1.54) is 13.5 Å². The van der Waals surface area contributed by atoms with E-state index in [2.05, 4.69) is 29.2 Å². The van der Waals surface area contributed by atoms with Gasteiger partial charge in [0.2, 0.25) is 0 Å². The minimum absolute atomic E-state index is 0.157. The molecule has 0 amide bonds. The lowest BCUT2D eigenvalue weighted by molar-refractivity contribution is -0.149. The first-order valence-electron chi connectivity index (χ1n) is 7.90. The summed E-state index contributed by atoms with van der Waals surface area (Å²) in [6.07, 6.45) is 5.65. The van der Waals surface area contributed by atoms with Crippen LogP contribution in [0, 0.1) is 11.8 Å². The fourth-order valence-corrected chi connectivity index (χ4v) is 3.20. The molecule has 2 unspecified atom stereocenters. The van der Waals surface area contributed by atoms with Crippen molar-refractivity contribution < 1.29 is 9.53 Å². The highest BCUT2D eigenvalue weighted by Gasteiger charge is 2.40. The standard InChI is InChI=1S/C15H28N4O2/c1-12(2)13-6-4-8-15(9-7-13,14(20)21-3)17-10-5-11-18-19-16/h12-13,17H,4-11H2,1-3H3. The normalized spacial score (nSPS) is 26.0. The number of methoxy groups -OCH3 is 1. The number of carbonyl (C=O) groups excluding carboxylic acids is 1. The Hall–Kier alpha value is -1.26. The molecule has 1 saturated carbocycles. The first-order chi connectivity index (χ1) is 10.1. The Labute approximate surface area is 127 Å². The van der Waals surface area contributed by atoms with Crippen LogP contribution in [-0.4, -0.2) is 31.7 Å². The molecule has 0 bridgehead atoms. The largest absolute Gasteiger partial charge is 0.468 e. The summed E-state index contributed by atoms with van der Waals surface area (Å²) >= 11 is 0. The predicted octanol–water partition coefficient (Wildman–Crippen LogP) is 3.42. The van der Waals surface area contributed by atoms with E-state index in [4.69, 9.17) is 10.3 Å². The van der Waals surface area contributed by atoms with Gasteiger partial charge in [-0.1, -0.05) is 31.8 Å². The fraction of sp³-hybridized carbons (Fsp3) is 0.933. The minimum atomic E-state index is -0.561. The number of nitrogens with one attached hydrogen (secondary N) is 1. The molecule has 2 atom stereocenters. The van der Waals surface area contributed by atoms with Crippen LogP contribution in [0.15, 0.2) is 5.11 Å². The zero-order valence-electron chi connectivity index (χ0n) is 13.5. The van der Waals surface area contributed by atoms with E-state index in [0.29, 0.717) is 24.9 Å². The second-order valence-electron chi connectivity index (χ2n) is 6.24. The zero-order valence-corrected chi connectivity index (χ0v) is 13.5. The first-order valence-corrected chi connectivity index (χ1v) is 7.90. The van der Waals surface area contributed by atoms with Gasteiger partial charge in [0.15, 0.2) is 0 Å². The number of nitrogens with zero attached hydrogens (tertiary/aromatic N) is 3. The Balaban J connectivity index is 2.65. The summed E-state index contributed by atoms with van der Waals surface area (Å²) in [4.78, 5) is 15.0. The number of rotatable bonds is 7. The Bertz CT molecular complexity index is 380. The Morgan fingerprint density at radius 2 is 2.24 bits per heavy atom. The highest BCUT2D eigenvalue weighted by molar-refractivity contribution is 5.80. The van der Waals surface area contributed by atoms with Crippen molar-refractivity contribution in [2.24, 2.45) is 17.0 Å². The third-order valence-corrected chi connectivity index (χ3v) is 4.60. The Morgan fingerprint density at radius 3 is 2.86 bits per heavy atom. The molecule has 0 radical (unpaired) electrons. The molecule has 0 aromatic heterocycles. The van der Waals surface area contributed by atoms with Crippen LogP contribution in [0.3, 0.4) is 0 Å². The van der Waals surface area contributed by atoms with E-state index in [1.54, 1.807) is 0 Å². The van der Waals surface area contributed by atoms with Crippen LogP contribution in [0.1, 0.15) is 52.4 Å². The lowest BCUT2D eigenvalue weighted by atomic mass is 9.86. The maximum absolute atomic E-state index is 12.3. The van der Waals surface area contributed by atoms with Gasteiger partial charge < -0.3 is 10.1 Å². The van der Waals surface area contributed by atoms with Gasteiger partial charge in [-0.3, -0.25) is 4.79 Å². The van der Waals surface area contributed by atoms with Gasteiger partial charge in [-0.05, 0) is 49.6 Å². The van der Waals surface area contributed by atoms with E-state index < -0.39 is 5.54 Å². The average molecular weight is 296 g/mol. The monoisotopic (exact) mass is 296 g/mol. The highest BCUT2D eigenvalue weighted by atomic mass is 16.5. The second kappa shape index (κ2) is 8.90. The average Bonchev–Trinajstić information content (AvgIpc) is 2.70. The van der Waals surface area contributed by atoms with Crippen LogP contribution in [0.2, 0.25) is 0 Å². The van der Waals surface area contributed by atoms with Crippen LogP contribution in [0.4, 0.5) is 0 Å². The molecule has 0 aromatic carbocycles. The minimum Gasteiger partial charge on any atom is -0.468 e. The summed E-state index contributed by atoms with van der Waals surface area (Å²) in [6, 6.07) is 0. The molecule has 0 spiro atoms. The van der Waals surface area contributed by atoms with E-state index in [9.17, 15) is 4.79 Å². The van der Waals surface area contributed by atoms with Gasteiger partial charge >= 0.3 is 5.97 Å². The van der Waals surface area contributed by atoms with Gasteiger partial charge in [-0.25, -0.2) is 0 Å². The molecular weight excluding hydrogens is 268 g/mol. The molecular formula is C15H28N4O2. The molecule has 6 heteroatoms. The van der Waals surface area contributed by atoms with Crippen LogP contribution in [-0.2, 0) is 9.53 Å². The summed E-state index contributed by atoms with van der Waals surface area (Å²) < 4.78 is 5.04. The molecule has 0 aromatic rings. The van der Waals surface area contributed by atoms with Crippen molar-refractivity contribution in [3.8, 4) is 0 Å². The van der Waals surface area contributed by atoms with E-state index >= 15 is 0 Å². The number of ether oxygens (including phenoxy) is 1. The smallest absolute Gasteiger partial charge is 0.326 e. The first kappa shape index (κ1) is 17.8. The summed E-state index contributed by atoms with van der Waals surface area (Å²) in [6.45, 7) is 5.63. The molecule has 1 N–H and O–H groups in total. The van der Waals surface area contributed by atoms with Crippen molar-refractivity contribution in [2.75, 3.05) is 20.2 Å². The van der Waals surface area contributed by atoms with Crippen molar-refractivity contribution in [1.29, 1.82) is 0 Å². The lowest BCUT2D eigenvalue weighted by Gasteiger charge is -2.31. The van der Waals surface area contributed by atoms with Gasteiger partial charge in [0.05, 0.1) is 7.11 Å². The van der Waals surface area contributed by atoms with E-state index in [-0.39, 0.29) is 5.97 Å². The summed E-state index contributed by atoms with van der Waals surface area (Å²) in [7, 11) is 1.45. The molecule has 1 rings (SSSR count). The highest BCUT2D eigenvalue weighted by Crippen LogP contribution is 2.34. The Kier molecular flexibility index (Phi) is 7.54. The lowest BCUT2D eigenvalue weighted by Crippen LogP contribution is -2.52. The maximum Gasteiger partial charge on any atom is 0.326 e. The molecule has 120 valence electrons. The molecule has 0 heterocycles. The van der Waals surface area contributed by atoms with Gasteiger partial charge in [-0.2, -0.15) is 0 Å². The molecule has 0 saturated heterocycles. The summed E-state index contributed by atoms with van der Waals surface area (Å²) in [5, 5.41) is 6.91. The summed E-state index contributed by atoms with van der Waals surface area (Å²) in [5.74, 6) is 1.18. The number of hydrogen-bond donors (Lipinski definition) is 1. The van der Waals surface area contributed by atoms with Crippen LogP contribution in [0.25, 0.3) is 10.4 Å². The number of carbonyl (C=O) groups is 1. The van der Waals surface area contributed by atoms with Crippen LogP contribution >= 0.6 is 0 Å². The SMILES string of the molecule is COC(=O)C1(NCCCN=[N+]=[N-])CCCC(C(C)C)CC1.